The SMILES string of the molecule is Brc1ccc(OCCCCOc2ccc(Br)cc2)cc1. The number of rotatable bonds is 7. The van der Waals surface area contributed by atoms with E-state index in [-0.39, 0.29) is 0 Å². The van der Waals surface area contributed by atoms with Gasteiger partial charge in [0.2, 0.25) is 0 Å². The molecule has 0 aliphatic carbocycles. The predicted molar refractivity (Wildman–Crippen MR) is 88.5 cm³/mol. The van der Waals surface area contributed by atoms with E-state index < -0.39 is 0 Å². The average molecular weight is 400 g/mol. The van der Waals surface area contributed by atoms with Crippen molar-refractivity contribution in [3.05, 3.63) is 57.5 Å². The van der Waals surface area contributed by atoms with Gasteiger partial charge in [-0.25, -0.2) is 0 Å². The third-order valence-electron chi connectivity index (χ3n) is 2.70. The molecule has 20 heavy (non-hydrogen) atoms. The summed E-state index contributed by atoms with van der Waals surface area (Å²) in [5.74, 6) is 1.81. The number of hydrogen-bond donors (Lipinski definition) is 0. The molecule has 0 aromatic heterocycles. The number of unbranched alkanes of at least 4 members (excludes halogenated alkanes) is 1. The Morgan fingerprint density at radius 2 is 0.950 bits per heavy atom. The van der Waals surface area contributed by atoms with Crippen molar-refractivity contribution in [1.29, 1.82) is 0 Å². The Hall–Kier alpha value is -1.00. The molecule has 2 rings (SSSR count). The van der Waals surface area contributed by atoms with Gasteiger partial charge in [-0.1, -0.05) is 31.9 Å². The Labute approximate surface area is 136 Å². The van der Waals surface area contributed by atoms with Crippen LogP contribution in [0.15, 0.2) is 57.5 Å². The molecule has 0 aliphatic heterocycles. The molecule has 2 aromatic rings. The Bertz CT molecular complexity index is 460. The number of hydrogen-bond acceptors (Lipinski definition) is 2. The summed E-state index contributed by atoms with van der Waals surface area (Å²) in [5, 5.41) is 0. The average Bonchev–Trinajstić information content (AvgIpc) is 2.46. The lowest BCUT2D eigenvalue weighted by atomic mass is 10.3. The van der Waals surface area contributed by atoms with Crippen LogP contribution in [-0.4, -0.2) is 13.2 Å². The van der Waals surface area contributed by atoms with Crippen LogP contribution in [0.2, 0.25) is 0 Å². The molecule has 2 aromatic carbocycles. The molecule has 0 bridgehead atoms. The van der Waals surface area contributed by atoms with Crippen molar-refractivity contribution in [2.24, 2.45) is 0 Å². The van der Waals surface area contributed by atoms with Crippen molar-refractivity contribution < 1.29 is 9.47 Å². The minimum absolute atomic E-state index is 0.714. The van der Waals surface area contributed by atoms with Gasteiger partial charge in [-0.3, -0.25) is 0 Å². The van der Waals surface area contributed by atoms with Crippen LogP contribution >= 0.6 is 31.9 Å². The predicted octanol–water partition coefficient (Wildman–Crippen LogP) is 5.45. The van der Waals surface area contributed by atoms with E-state index in [1.807, 2.05) is 48.5 Å². The van der Waals surface area contributed by atoms with E-state index in [2.05, 4.69) is 31.9 Å². The van der Waals surface area contributed by atoms with Gasteiger partial charge >= 0.3 is 0 Å². The molecule has 0 aliphatic rings. The van der Waals surface area contributed by atoms with Crippen LogP contribution in [0.25, 0.3) is 0 Å². The molecule has 106 valence electrons. The molecule has 0 saturated heterocycles. The van der Waals surface area contributed by atoms with Crippen LogP contribution in [0.1, 0.15) is 12.8 Å². The van der Waals surface area contributed by atoms with Gasteiger partial charge < -0.3 is 9.47 Å². The minimum atomic E-state index is 0.714. The fourth-order valence-corrected chi connectivity index (χ4v) is 2.17. The maximum atomic E-state index is 5.65. The van der Waals surface area contributed by atoms with Crippen molar-refractivity contribution in [2.75, 3.05) is 13.2 Å². The van der Waals surface area contributed by atoms with E-state index >= 15 is 0 Å². The summed E-state index contributed by atoms with van der Waals surface area (Å²) in [5.41, 5.74) is 0. The molecule has 0 unspecified atom stereocenters. The minimum Gasteiger partial charge on any atom is -0.494 e. The number of benzene rings is 2. The fourth-order valence-electron chi connectivity index (χ4n) is 1.65. The Morgan fingerprint density at radius 3 is 1.30 bits per heavy atom. The van der Waals surface area contributed by atoms with Crippen molar-refractivity contribution in [3.8, 4) is 11.5 Å². The van der Waals surface area contributed by atoms with Crippen molar-refractivity contribution in [1.82, 2.24) is 0 Å². The summed E-state index contributed by atoms with van der Waals surface area (Å²) in [4.78, 5) is 0. The summed E-state index contributed by atoms with van der Waals surface area (Å²) in [6.07, 6.45) is 1.96. The van der Waals surface area contributed by atoms with Gasteiger partial charge in [-0.2, -0.15) is 0 Å². The van der Waals surface area contributed by atoms with Gasteiger partial charge in [0.15, 0.2) is 0 Å². The van der Waals surface area contributed by atoms with Gasteiger partial charge in [0, 0.05) is 8.95 Å². The quantitative estimate of drug-likeness (QED) is 0.576. The fraction of sp³-hybridized carbons (Fsp3) is 0.250. The van der Waals surface area contributed by atoms with Gasteiger partial charge in [0.25, 0.3) is 0 Å². The largest absolute Gasteiger partial charge is 0.494 e. The van der Waals surface area contributed by atoms with Crippen LogP contribution in [0, 0.1) is 0 Å². The highest BCUT2D eigenvalue weighted by molar-refractivity contribution is 9.10. The van der Waals surface area contributed by atoms with Gasteiger partial charge in [-0.15, -0.1) is 0 Å². The first kappa shape index (κ1) is 15.4. The lowest BCUT2D eigenvalue weighted by Gasteiger charge is -2.08. The summed E-state index contributed by atoms with van der Waals surface area (Å²) < 4.78 is 13.4. The summed E-state index contributed by atoms with van der Waals surface area (Å²) in [7, 11) is 0. The van der Waals surface area contributed by atoms with E-state index in [0.717, 1.165) is 33.3 Å². The van der Waals surface area contributed by atoms with E-state index in [4.69, 9.17) is 9.47 Å². The second-order valence-corrected chi connectivity index (χ2v) is 6.14. The highest BCUT2D eigenvalue weighted by atomic mass is 79.9. The zero-order chi connectivity index (χ0) is 14.2. The van der Waals surface area contributed by atoms with E-state index in [1.54, 1.807) is 0 Å². The van der Waals surface area contributed by atoms with Crippen molar-refractivity contribution in [2.45, 2.75) is 12.8 Å². The van der Waals surface area contributed by atoms with Gasteiger partial charge in [-0.05, 0) is 61.4 Å². The molecule has 0 heterocycles. The smallest absolute Gasteiger partial charge is 0.119 e. The third-order valence-corrected chi connectivity index (χ3v) is 3.76. The van der Waals surface area contributed by atoms with Crippen molar-refractivity contribution >= 4 is 31.9 Å². The molecule has 0 radical (unpaired) electrons. The molecule has 0 amide bonds. The molecule has 0 spiro atoms. The first-order chi connectivity index (χ1) is 9.74. The standard InChI is InChI=1S/C16H16Br2O2/c17-13-3-7-15(8-4-13)19-11-1-2-12-20-16-9-5-14(18)6-10-16/h3-10H,1-2,11-12H2. The third kappa shape index (κ3) is 5.55. The maximum Gasteiger partial charge on any atom is 0.119 e. The Kier molecular flexibility index (Phi) is 6.40. The topological polar surface area (TPSA) is 18.5 Å². The molecule has 0 fully saturated rings. The Morgan fingerprint density at radius 1 is 0.600 bits per heavy atom. The second kappa shape index (κ2) is 8.32. The monoisotopic (exact) mass is 398 g/mol. The molecule has 2 nitrogen and oxygen atoms in total. The summed E-state index contributed by atoms with van der Waals surface area (Å²) >= 11 is 6.80. The number of ether oxygens (including phenoxy) is 2. The molecule has 0 N–H and O–H groups in total. The molecular weight excluding hydrogens is 384 g/mol. The highest BCUT2D eigenvalue weighted by Gasteiger charge is 1.96. The maximum absolute atomic E-state index is 5.65. The zero-order valence-corrected chi connectivity index (χ0v) is 14.2. The molecule has 0 atom stereocenters. The molecular formula is C16H16Br2O2. The molecule has 4 heteroatoms. The first-order valence-electron chi connectivity index (χ1n) is 6.51. The normalized spacial score (nSPS) is 10.3. The van der Waals surface area contributed by atoms with Gasteiger partial charge in [0.05, 0.1) is 13.2 Å². The van der Waals surface area contributed by atoms with Crippen molar-refractivity contribution in [3.63, 3.8) is 0 Å². The lowest BCUT2D eigenvalue weighted by molar-refractivity contribution is 0.266. The van der Waals surface area contributed by atoms with Crippen LogP contribution in [0.4, 0.5) is 0 Å². The summed E-state index contributed by atoms with van der Waals surface area (Å²) in [6.45, 7) is 1.43. The lowest BCUT2D eigenvalue weighted by Crippen LogP contribution is -2.02. The second-order valence-electron chi connectivity index (χ2n) is 4.31. The van der Waals surface area contributed by atoms with Gasteiger partial charge in [0.1, 0.15) is 11.5 Å². The van der Waals surface area contributed by atoms with Crippen LogP contribution in [0.5, 0.6) is 11.5 Å². The van der Waals surface area contributed by atoms with E-state index in [1.165, 1.54) is 0 Å². The van der Waals surface area contributed by atoms with Crippen LogP contribution < -0.4 is 9.47 Å². The highest BCUT2D eigenvalue weighted by Crippen LogP contribution is 2.17. The van der Waals surface area contributed by atoms with Crippen LogP contribution in [0.3, 0.4) is 0 Å². The van der Waals surface area contributed by atoms with E-state index in [0.29, 0.717) is 13.2 Å². The zero-order valence-electron chi connectivity index (χ0n) is 11.0. The first-order valence-corrected chi connectivity index (χ1v) is 8.09. The van der Waals surface area contributed by atoms with Crippen LogP contribution in [-0.2, 0) is 0 Å². The number of halogens is 2. The van der Waals surface area contributed by atoms with E-state index in [9.17, 15) is 0 Å². The molecule has 0 saturated carbocycles. The Balaban J connectivity index is 1.57. The summed E-state index contributed by atoms with van der Waals surface area (Å²) in [6, 6.07) is 15.8.